The highest BCUT2D eigenvalue weighted by molar-refractivity contribution is 5.70. The largest absolute Gasteiger partial charge is 0.418 e. The van der Waals surface area contributed by atoms with Crippen molar-refractivity contribution < 1.29 is 4.42 Å². The van der Waals surface area contributed by atoms with E-state index in [2.05, 4.69) is 19.6 Å². The molecule has 0 aliphatic carbocycles. The molecule has 0 aromatic carbocycles. The van der Waals surface area contributed by atoms with Crippen LogP contribution >= 0.6 is 0 Å². The van der Waals surface area contributed by atoms with Crippen LogP contribution in [0.5, 0.6) is 0 Å². The Bertz CT molecular complexity index is 442. The molecule has 2 rings (SSSR count). The Balaban J connectivity index is 3.01. The number of hydrogen-bond acceptors (Lipinski definition) is 4. The molecule has 0 saturated heterocycles. The average molecular weight is 151 g/mol. The van der Waals surface area contributed by atoms with Crippen molar-refractivity contribution in [2.24, 2.45) is 0 Å². The fourth-order valence-corrected chi connectivity index (χ4v) is 0.890. The summed E-state index contributed by atoms with van der Waals surface area (Å²) in [6.07, 6.45) is 1.56. The lowest BCUT2D eigenvalue weighted by molar-refractivity contribution is 0.541. The maximum absolute atomic E-state index is 10.7. The number of nitrogens with zero attached hydrogens (tertiary/aromatic N) is 2. The molecule has 0 spiro atoms. The topological polar surface area (TPSA) is 71.8 Å². The van der Waals surface area contributed by atoms with Gasteiger partial charge in [0, 0.05) is 0 Å². The molecule has 0 unspecified atom stereocenters. The van der Waals surface area contributed by atoms with Crippen LogP contribution in [-0.4, -0.2) is 15.2 Å². The van der Waals surface area contributed by atoms with Crippen LogP contribution in [0.15, 0.2) is 15.4 Å². The van der Waals surface area contributed by atoms with Crippen LogP contribution in [0.4, 0.5) is 0 Å². The lowest BCUT2D eigenvalue weighted by Crippen LogP contribution is -1.93. The van der Waals surface area contributed by atoms with Crippen LogP contribution in [0.2, 0.25) is 0 Å². The highest BCUT2D eigenvalue weighted by Gasteiger charge is 2.03. The van der Waals surface area contributed by atoms with E-state index in [0.29, 0.717) is 5.52 Å². The molecule has 5 heteroatoms. The van der Waals surface area contributed by atoms with Crippen molar-refractivity contribution in [3.63, 3.8) is 0 Å². The molecule has 56 valence electrons. The molecule has 2 heterocycles. The summed E-state index contributed by atoms with van der Waals surface area (Å²) in [5.41, 5.74) is 1.72. The fourth-order valence-electron chi connectivity index (χ4n) is 0.890. The Hall–Kier alpha value is -1.65. The van der Waals surface area contributed by atoms with Gasteiger partial charge < -0.3 is 4.42 Å². The summed E-state index contributed by atoms with van der Waals surface area (Å²) in [7, 11) is 0. The predicted octanol–water partition coefficient (Wildman–Crippen LogP) is 0.220. The van der Waals surface area contributed by atoms with Crippen molar-refractivity contribution >= 4 is 11.2 Å². The van der Waals surface area contributed by atoms with E-state index in [0.717, 1.165) is 5.56 Å². The van der Waals surface area contributed by atoms with Gasteiger partial charge in [0.05, 0.1) is 6.20 Å². The molecule has 11 heavy (non-hydrogen) atoms. The monoisotopic (exact) mass is 151 g/mol. The zero-order valence-electron chi connectivity index (χ0n) is 5.79. The number of nitrogens with one attached hydrogen (secondary N) is 1. The summed E-state index contributed by atoms with van der Waals surface area (Å²) in [4.78, 5) is 13.2. The fraction of sp³-hybridized carbons (Fsp3) is 0.167. The summed E-state index contributed by atoms with van der Waals surface area (Å²) < 4.78 is 4.66. The molecule has 5 nitrogen and oxygen atoms in total. The van der Waals surface area contributed by atoms with Crippen molar-refractivity contribution in [3.05, 3.63) is 22.3 Å². The second kappa shape index (κ2) is 1.91. The van der Waals surface area contributed by atoms with E-state index in [4.69, 9.17) is 0 Å². The molecule has 1 N–H and O–H groups in total. The van der Waals surface area contributed by atoms with E-state index in [1.165, 1.54) is 0 Å². The second-order valence-electron chi connectivity index (χ2n) is 2.22. The summed E-state index contributed by atoms with van der Waals surface area (Å²) in [6.45, 7) is 1.82. The summed E-state index contributed by atoms with van der Waals surface area (Å²) in [5.74, 6) is -0.497. The zero-order chi connectivity index (χ0) is 7.84. The summed E-state index contributed by atoms with van der Waals surface area (Å²) in [5, 5.41) is 7.24. The smallest absolute Gasteiger partial charge is 0.387 e. The van der Waals surface area contributed by atoms with Gasteiger partial charge in [-0.2, -0.15) is 5.10 Å². The van der Waals surface area contributed by atoms with Crippen molar-refractivity contribution in [2.75, 3.05) is 0 Å². The zero-order valence-corrected chi connectivity index (χ0v) is 5.79. The Morgan fingerprint density at radius 3 is 3.18 bits per heavy atom. The standard InChI is InChI=1S/C6H5N3O2/c1-3-2-7-9-5-4(3)8-6(10)11-5/h2H,1H3,(H,8,10). The molecule has 0 radical (unpaired) electrons. The number of rotatable bonds is 0. The molecule has 0 aliphatic heterocycles. The molecule has 0 bridgehead atoms. The first-order valence-electron chi connectivity index (χ1n) is 3.08. The van der Waals surface area contributed by atoms with E-state index in [1.807, 2.05) is 6.92 Å². The van der Waals surface area contributed by atoms with Crippen molar-refractivity contribution in [2.45, 2.75) is 6.92 Å². The molecule has 2 aromatic rings. The van der Waals surface area contributed by atoms with E-state index in [9.17, 15) is 4.79 Å². The Morgan fingerprint density at radius 2 is 2.45 bits per heavy atom. The quantitative estimate of drug-likeness (QED) is 0.584. The SMILES string of the molecule is Cc1cnnc2oc(=O)[nH]c12. The number of hydrogen-bond donors (Lipinski definition) is 1. The first kappa shape index (κ1) is 6.09. The van der Waals surface area contributed by atoms with Crippen molar-refractivity contribution in [3.8, 4) is 0 Å². The normalized spacial score (nSPS) is 10.6. The Labute approximate surface area is 61.1 Å². The van der Waals surface area contributed by atoms with Crippen molar-refractivity contribution in [1.82, 2.24) is 15.2 Å². The number of aromatic amines is 1. The molecule has 0 fully saturated rings. The van der Waals surface area contributed by atoms with E-state index in [1.54, 1.807) is 6.20 Å². The van der Waals surface area contributed by atoms with E-state index >= 15 is 0 Å². The van der Waals surface area contributed by atoms with Gasteiger partial charge in [0.15, 0.2) is 0 Å². The average Bonchev–Trinajstić information content (AvgIpc) is 2.31. The molecule has 2 aromatic heterocycles. The van der Waals surface area contributed by atoms with Crippen LogP contribution in [0.1, 0.15) is 5.56 Å². The predicted molar refractivity (Wildman–Crippen MR) is 37.2 cm³/mol. The minimum absolute atomic E-state index is 0.259. The van der Waals surface area contributed by atoms with E-state index < -0.39 is 5.76 Å². The van der Waals surface area contributed by atoms with Crippen LogP contribution in [0, 0.1) is 6.92 Å². The number of fused-ring (bicyclic) bond motifs is 1. The van der Waals surface area contributed by atoms with Crippen LogP contribution < -0.4 is 5.76 Å². The summed E-state index contributed by atoms with van der Waals surface area (Å²) >= 11 is 0. The van der Waals surface area contributed by atoms with Gasteiger partial charge in [-0.25, -0.2) is 4.79 Å². The van der Waals surface area contributed by atoms with Crippen LogP contribution in [-0.2, 0) is 0 Å². The Morgan fingerprint density at radius 1 is 1.64 bits per heavy atom. The van der Waals surface area contributed by atoms with Gasteiger partial charge >= 0.3 is 5.76 Å². The van der Waals surface area contributed by atoms with Crippen LogP contribution in [0.3, 0.4) is 0 Å². The van der Waals surface area contributed by atoms with Gasteiger partial charge in [-0.1, -0.05) is 0 Å². The lowest BCUT2D eigenvalue weighted by Gasteiger charge is -1.87. The molecule has 0 atom stereocenters. The van der Waals surface area contributed by atoms with Crippen LogP contribution in [0.25, 0.3) is 11.2 Å². The number of aromatic nitrogens is 3. The van der Waals surface area contributed by atoms with Gasteiger partial charge in [0.1, 0.15) is 5.52 Å². The highest BCUT2D eigenvalue weighted by atomic mass is 16.4. The third kappa shape index (κ3) is 0.813. The van der Waals surface area contributed by atoms with Gasteiger partial charge in [-0.3, -0.25) is 4.98 Å². The number of aryl methyl sites for hydroxylation is 1. The van der Waals surface area contributed by atoms with Gasteiger partial charge in [0.2, 0.25) is 0 Å². The maximum Gasteiger partial charge on any atom is 0.418 e. The Kier molecular flexibility index (Phi) is 1.06. The molecule has 0 amide bonds. The molecular weight excluding hydrogens is 146 g/mol. The minimum atomic E-state index is -0.497. The van der Waals surface area contributed by atoms with Gasteiger partial charge in [-0.15, -0.1) is 5.10 Å². The third-order valence-electron chi connectivity index (χ3n) is 1.42. The molecular formula is C6H5N3O2. The van der Waals surface area contributed by atoms with E-state index in [-0.39, 0.29) is 5.71 Å². The molecule has 0 aliphatic rings. The first-order valence-corrected chi connectivity index (χ1v) is 3.08. The second-order valence-corrected chi connectivity index (χ2v) is 2.22. The maximum atomic E-state index is 10.7. The number of oxazole rings is 1. The highest BCUT2D eigenvalue weighted by Crippen LogP contribution is 2.07. The van der Waals surface area contributed by atoms with Gasteiger partial charge in [-0.05, 0) is 12.5 Å². The van der Waals surface area contributed by atoms with Gasteiger partial charge in [0.25, 0.3) is 5.71 Å². The minimum Gasteiger partial charge on any atom is -0.387 e. The third-order valence-corrected chi connectivity index (χ3v) is 1.42. The first-order chi connectivity index (χ1) is 5.27. The van der Waals surface area contributed by atoms with Crippen molar-refractivity contribution in [1.29, 1.82) is 0 Å². The number of H-pyrrole nitrogens is 1. The summed E-state index contributed by atoms with van der Waals surface area (Å²) in [6, 6.07) is 0. The lowest BCUT2D eigenvalue weighted by atomic mass is 10.3. The molecule has 0 saturated carbocycles.